The molecule has 1 unspecified atom stereocenters. The number of hydrogen-bond acceptors (Lipinski definition) is 2. The van der Waals surface area contributed by atoms with Gasteiger partial charge in [0.2, 0.25) is 0 Å². The van der Waals surface area contributed by atoms with Crippen LogP contribution in [0.1, 0.15) is 23.8 Å². The van der Waals surface area contributed by atoms with E-state index in [1.165, 1.54) is 17.0 Å². The first-order valence-electron chi connectivity index (χ1n) is 5.75. The van der Waals surface area contributed by atoms with Gasteiger partial charge in [0.25, 0.3) is 0 Å². The highest BCUT2D eigenvalue weighted by Crippen LogP contribution is 2.26. The summed E-state index contributed by atoms with van der Waals surface area (Å²) in [5, 5.41) is 2.01. The van der Waals surface area contributed by atoms with Crippen LogP contribution in [0, 0.1) is 11.6 Å². The van der Waals surface area contributed by atoms with E-state index in [0.717, 1.165) is 12.5 Å². The zero-order valence-corrected chi connectivity index (χ0v) is 10.9. The highest BCUT2D eigenvalue weighted by Gasteiger charge is 2.22. The number of rotatable bonds is 4. The van der Waals surface area contributed by atoms with Gasteiger partial charge >= 0.3 is 0 Å². The average molecular weight is 267 g/mol. The van der Waals surface area contributed by atoms with Crippen LogP contribution in [-0.2, 0) is 12.0 Å². The molecular formula is C14H15F2NS. The van der Waals surface area contributed by atoms with Crippen molar-refractivity contribution in [2.75, 3.05) is 0 Å². The summed E-state index contributed by atoms with van der Waals surface area (Å²) in [6, 6.07) is 7.48. The Labute approximate surface area is 109 Å². The molecule has 0 saturated heterocycles. The highest BCUT2D eigenvalue weighted by molar-refractivity contribution is 7.09. The standard InChI is InChI=1S/C14H15F2NS/c1-14(17,5-4-13-3-2-6-18-13)10-7-11(15)9-12(16)8-10/h2-3,6-9H,4-5,17H2,1H3. The second-order valence-corrected chi connectivity index (χ2v) is 5.69. The summed E-state index contributed by atoms with van der Waals surface area (Å²) < 4.78 is 26.4. The summed E-state index contributed by atoms with van der Waals surface area (Å²) in [6.07, 6.45) is 1.46. The molecule has 1 aromatic heterocycles. The van der Waals surface area contributed by atoms with Crippen molar-refractivity contribution in [2.24, 2.45) is 5.73 Å². The smallest absolute Gasteiger partial charge is 0.126 e. The minimum Gasteiger partial charge on any atom is -0.322 e. The molecule has 0 spiro atoms. The second-order valence-electron chi connectivity index (χ2n) is 4.65. The summed E-state index contributed by atoms with van der Waals surface area (Å²) >= 11 is 1.66. The zero-order chi connectivity index (χ0) is 13.2. The van der Waals surface area contributed by atoms with E-state index in [2.05, 4.69) is 0 Å². The van der Waals surface area contributed by atoms with Crippen molar-refractivity contribution in [3.05, 3.63) is 57.8 Å². The summed E-state index contributed by atoms with van der Waals surface area (Å²) in [5.41, 5.74) is 5.93. The van der Waals surface area contributed by atoms with Gasteiger partial charge in [0, 0.05) is 16.5 Å². The maximum atomic E-state index is 13.2. The van der Waals surface area contributed by atoms with Crippen molar-refractivity contribution in [1.29, 1.82) is 0 Å². The molecule has 0 radical (unpaired) electrons. The second kappa shape index (κ2) is 5.16. The Hall–Kier alpha value is -1.26. The van der Waals surface area contributed by atoms with Gasteiger partial charge in [-0.05, 0) is 48.9 Å². The largest absolute Gasteiger partial charge is 0.322 e. The number of aryl methyl sites for hydroxylation is 1. The Morgan fingerprint density at radius 2 is 1.89 bits per heavy atom. The molecule has 0 bridgehead atoms. The minimum absolute atomic E-state index is 0.497. The summed E-state index contributed by atoms with van der Waals surface area (Å²) in [4.78, 5) is 1.23. The Kier molecular flexibility index (Phi) is 3.78. The van der Waals surface area contributed by atoms with E-state index >= 15 is 0 Å². The number of benzene rings is 1. The van der Waals surface area contributed by atoms with Crippen molar-refractivity contribution in [3.63, 3.8) is 0 Å². The Morgan fingerprint density at radius 1 is 1.22 bits per heavy atom. The molecule has 1 heterocycles. The van der Waals surface area contributed by atoms with Gasteiger partial charge in [-0.15, -0.1) is 11.3 Å². The molecule has 2 N–H and O–H groups in total. The lowest BCUT2D eigenvalue weighted by molar-refractivity contribution is 0.446. The van der Waals surface area contributed by atoms with Crippen molar-refractivity contribution in [2.45, 2.75) is 25.3 Å². The Balaban J connectivity index is 2.14. The van der Waals surface area contributed by atoms with Crippen molar-refractivity contribution in [1.82, 2.24) is 0 Å². The van der Waals surface area contributed by atoms with E-state index in [0.29, 0.717) is 12.0 Å². The molecule has 2 rings (SSSR count). The van der Waals surface area contributed by atoms with Crippen molar-refractivity contribution in [3.8, 4) is 0 Å². The van der Waals surface area contributed by atoms with Gasteiger partial charge in [0.05, 0.1) is 0 Å². The molecular weight excluding hydrogens is 252 g/mol. The summed E-state index contributed by atoms with van der Waals surface area (Å²) in [7, 11) is 0. The first-order chi connectivity index (χ1) is 8.47. The van der Waals surface area contributed by atoms with E-state index in [1.54, 1.807) is 18.3 Å². The highest BCUT2D eigenvalue weighted by atomic mass is 32.1. The molecule has 0 aliphatic heterocycles. The maximum absolute atomic E-state index is 13.2. The van der Waals surface area contributed by atoms with Crippen LogP contribution in [0.15, 0.2) is 35.7 Å². The molecule has 96 valence electrons. The predicted molar refractivity (Wildman–Crippen MR) is 70.5 cm³/mol. The van der Waals surface area contributed by atoms with Crippen LogP contribution in [0.5, 0.6) is 0 Å². The van der Waals surface area contributed by atoms with Gasteiger partial charge in [0.15, 0.2) is 0 Å². The van der Waals surface area contributed by atoms with Gasteiger partial charge < -0.3 is 5.73 Å². The van der Waals surface area contributed by atoms with Crippen LogP contribution >= 0.6 is 11.3 Å². The van der Waals surface area contributed by atoms with Crippen LogP contribution in [0.25, 0.3) is 0 Å². The Morgan fingerprint density at radius 3 is 2.44 bits per heavy atom. The van der Waals surface area contributed by atoms with Crippen LogP contribution in [0.3, 0.4) is 0 Å². The van der Waals surface area contributed by atoms with E-state index in [4.69, 9.17) is 5.73 Å². The fraction of sp³-hybridized carbons (Fsp3) is 0.286. The molecule has 0 fully saturated rings. The van der Waals surface area contributed by atoms with Gasteiger partial charge in [-0.3, -0.25) is 0 Å². The average Bonchev–Trinajstić information content (AvgIpc) is 2.78. The molecule has 0 aliphatic rings. The van der Waals surface area contributed by atoms with Gasteiger partial charge in [-0.25, -0.2) is 8.78 Å². The van der Waals surface area contributed by atoms with E-state index in [1.807, 2.05) is 17.5 Å². The van der Waals surface area contributed by atoms with E-state index in [-0.39, 0.29) is 0 Å². The SMILES string of the molecule is CC(N)(CCc1cccs1)c1cc(F)cc(F)c1. The summed E-state index contributed by atoms with van der Waals surface area (Å²) in [6.45, 7) is 1.80. The molecule has 4 heteroatoms. The van der Waals surface area contributed by atoms with Crippen LogP contribution in [-0.4, -0.2) is 0 Å². The lowest BCUT2D eigenvalue weighted by Gasteiger charge is -2.25. The third-order valence-electron chi connectivity index (χ3n) is 2.99. The predicted octanol–water partition coefficient (Wildman–Crippen LogP) is 3.83. The molecule has 1 nitrogen and oxygen atoms in total. The molecule has 0 aliphatic carbocycles. The molecule has 0 saturated carbocycles. The fourth-order valence-corrected chi connectivity index (χ4v) is 2.57. The van der Waals surface area contributed by atoms with Gasteiger partial charge in [0.1, 0.15) is 11.6 Å². The first kappa shape index (κ1) is 13.2. The van der Waals surface area contributed by atoms with Crippen LogP contribution in [0.2, 0.25) is 0 Å². The third-order valence-corrected chi connectivity index (χ3v) is 3.93. The molecule has 18 heavy (non-hydrogen) atoms. The van der Waals surface area contributed by atoms with E-state index in [9.17, 15) is 8.78 Å². The molecule has 0 amide bonds. The maximum Gasteiger partial charge on any atom is 0.126 e. The monoisotopic (exact) mass is 267 g/mol. The number of thiophene rings is 1. The topological polar surface area (TPSA) is 26.0 Å². The number of hydrogen-bond donors (Lipinski definition) is 1. The van der Waals surface area contributed by atoms with Gasteiger partial charge in [-0.1, -0.05) is 6.07 Å². The zero-order valence-electron chi connectivity index (χ0n) is 10.1. The fourth-order valence-electron chi connectivity index (χ4n) is 1.87. The van der Waals surface area contributed by atoms with Gasteiger partial charge in [-0.2, -0.15) is 0 Å². The molecule has 1 atom stereocenters. The summed E-state index contributed by atoms with van der Waals surface area (Å²) in [5.74, 6) is -1.17. The van der Waals surface area contributed by atoms with E-state index < -0.39 is 17.2 Å². The lowest BCUT2D eigenvalue weighted by atomic mass is 9.88. The van der Waals surface area contributed by atoms with Crippen LogP contribution in [0.4, 0.5) is 8.78 Å². The number of halogens is 2. The molecule has 1 aromatic carbocycles. The van der Waals surface area contributed by atoms with Crippen molar-refractivity contribution >= 4 is 11.3 Å². The quantitative estimate of drug-likeness (QED) is 0.895. The minimum atomic E-state index is -0.729. The Bertz CT molecular complexity index is 500. The van der Waals surface area contributed by atoms with Crippen LogP contribution < -0.4 is 5.73 Å². The van der Waals surface area contributed by atoms with Crippen molar-refractivity contribution < 1.29 is 8.78 Å². The molecule has 2 aromatic rings. The lowest BCUT2D eigenvalue weighted by Crippen LogP contribution is -2.33. The first-order valence-corrected chi connectivity index (χ1v) is 6.63. The third kappa shape index (κ3) is 3.15. The number of nitrogens with two attached hydrogens (primary N) is 1. The normalized spacial score (nSPS) is 14.4.